The highest BCUT2D eigenvalue weighted by Crippen LogP contribution is 2.35. The summed E-state index contributed by atoms with van der Waals surface area (Å²) in [5, 5.41) is 0.604. The molecule has 0 bridgehead atoms. The molecule has 31 heavy (non-hydrogen) atoms. The van der Waals surface area contributed by atoms with Gasteiger partial charge in [0, 0.05) is 34.9 Å². The number of carbonyl (C=O) groups is 1. The number of halogens is 1. The van der Waals surface area contributed by atoms with Crippen LogP contribution in [0.5, 0.6) is 0 Å². The van der Waals surface area contributed by atoms with Gasteiger partial charge >= 0.3 is 0 Å². The number of aliphatic imine (C=N–C) groups is 1. The van der Waals surface area contributed by atoms with Crippen LogP contribution in [0.3, 0.4) is 0 Å². The zero-order chi connectivity index (χ0) is 21.6. The van der Waals surface area contributed by atoms with Crippen molar-refractivity contribution >= 4 is 34.9 Å². The van der Waals surface area contributed by atoms with Gasteiger partial charge in [-0.2, -0.15) is 0 Å². The van der Waals surface area contributed by atoms with Gasteiger partial charge in [-0.1, -0.05) is 41.9 Å². The number of methoxy groups -OCH3 is 1. The highest BCUT2D eigenvalue weighted by Gasteiger charge is 2.29. The molecular weight excluding hydrogens is 414 g/mol. The van der Waals surface area contributed by atoms with E-state index in [9.17, 15) is 4.79 Å². The highest BCUT2D eigenvalue weighted by molar-refractivity contribution is 6.31. The van der Waals surface area contributed by atoms with Gasteiger partial charge in [-0.3, -0.25) is 4.79 Å². The highest BCUT2D eigenvalue weighted by atomic mass is 35.5. The summed E-state index contributed by atoms with van der Waals surface area (Å²) in [4.78, 5) is 17.7. The Labute approximate surface area is 186 Å². The lowest BCUT2D eigenvalue weighted by molar-refractivity contribution is -0.111. The summed E-state index contributed by atoms with van der Waals surface area (Å²) in [6.07, 6.45) is 5.28. The quantitative estimate of drug-likeness (QED) is 0.551. The molecule has 6 heteroatoms. The SMILES string of the molecule is COCCOCCOC1=CC(=O)C2=Cc3ccccc3C(=Nc3cccc(Cl)c3)C2=C1. The van der Waals surface area contributed by atoms with Crippen LogP contribution >= 0.6 is 11.6 Å². The molecule has 0 aliphatic heterocycles. The molecule has 0 unspecified atom stereocenters. The third kappa shape index (κ3) is 5.02. The third-order valence-electron chi connectivity index (χ3n) is 4.86. The molecular formula is C25H22ClNO4. The number of allylic oxidation sites excluding steroid dienone is 4. The fraction of sp³-hybridized carbons (Fsp3) is 0.200. The van der Waals surface area contributed by atoms with Gasteiger partial charge in [0.15, 0.2) is 5.78 Å². The van der Waals surface area contributed by atoms with Crippen molar-refractivity contribution < 1.29 is 19.0 Å². The molecule has 2 aromatic carbocycles. The molecule has 0 radical (unpaired) electrons. The monoisotopic (exact) mass is 435 g/mol. The van der Waals surface area contributed by atoms with E-state index in [1.165, 1.54) is 6.08 Å². The van der Waals surface area contributed by atoms with Gasteiger partial charge < -0.3 is 14.2 Å². The Kier molecular flexibility index (Phi) is 6.77. The Balaban J connectivity index is 1.65. The van der Waals surface area contributed by atoms with Crippen LogP contribution in [0.25, 0.3) is 6.08 Å². The predicted molar refractivity (Wildman–Crippen MR) is 122 cm³/mol. The van der Waals surface area contributed by atoms with Gasteiger partial charge in [0.25, 0.3) is 0 Å². The maximum atomic E-state index is 12.9. The van der Waals surface area contributed by atoms with Crippen LogP contribution in [-0.2, 0) is 19.0 Å². The summed E-state index contributed by atoms with van der Waals surface area (Å²) in [6.45, 7) is 1.78. The van der Waals surface area contributed by atoms with Gasteiger partial charge in [-0.25, -0.2) is 4.99 Å². The van der Waals surface area contributed by atoms with Crippen molar-refractivity contribution in [1.29, 1.82) is 0 Å². The first kappa shape index (κ1) is 21.2. The predicted octanol–water partition coefficient (Wildman–Crippen LogP) is 4.93. The number of hydrogen-bond donors (Lipinski definition) is 0. The smallest absolute Gasteiger partial charge is 0.190 e. The number of ether oxygens (including phenoxy) is 3. The normalized spacial score (nSPS) is 16.3. The summed E-state index contributed by atoms with van der Waals surface area (Å²) in [6, 6.07) is 15.2. The molecule has 0 aromatic heterocycles. The van der Waals surface area contributed by atoms with E-state index in [0.29, 0.717) is 48.5 Å². The molecule has 158 valence electrons. The molecule has 0 saturated carbocycles. The van der Waals surface area contributed by atoms with Crippen LogP contribution in [0.15, 0.2) is 82.6 Å². The average molecular weight is 436 g/mol. The van der Waals surface area contributed by atoms with Crippen LogP contribution in [0.4, 0.5) is 5.69 Å². The summed E-state index contributed by atoms with van der Waals surface area (Å²) < 4.78 is 16.2. The number of nitrogens with zero attached hydrogens (tertiary/aromatic N) is 1. The second kappa shape index (κ2) is 9.88. The standard InChI is InChI=1S/C25H22ClNO4/c1-29-9-10-30-11-12-31-20-15-23-22(24(28)16-20)13-17-5-2-3-8-21(17)25(23)27-19-7-4-6-18(26)14-19/h2-8,13-16H,9-12H2,1H3. The minimum atomic E-state index is -0.110. The summed E-state index contributed by atoms with van der Waals surface area (Å²) in [5.74, 6) is 0.381. The second-order valence-electron chi connectivity index (χ2n) is 7.01. The van der Waals surface area contributed by atoms with Crippen LogP contribution < -0.4 is 0 Å². The molecule has 0 spiro atoms. The maximum Gasteiger partial charge on any atom is 0.190 e. The van der Waals surface area contributed by atoms with Crippen molar-refractivity contribution in [1.82, 2.24) is 0 Å². The Hall–Kier alpha value is -2.99. The molecule has 0 amide bonds. The van der Waals surface area contributed by atoms with Gasteiger partial charge in [0.1, 0.15) is 12.4 Å². The molecule has 2 aromatic rings. The molecule has 0 saturated heterocycles. The average Bonchev–Trinajstić information content (AvgIpc) is 2.77. The molecule has 0 heterocycles. The summed E-state index contributed by atoms with van der Waals surface area (Å²) >= 11 is 6.15. The van der Waals surface area contributed by atoms with Gasteiger partial charge in [0.2, 0.25) is 0 Å². The molecule has 5 nitrogen and oxygen atoms in total. The lowest BCUT2D eigenvalue weighted by Gasteiger charge is -2.24. The number of ketones is 1. The fourth-order valence-electron chi connectivity index (χ4n) is 3.43. The number of fused-ring (bicyclic) bond motifs is 2. The number of benzene rings is 2. The summed E-state index contributed by atoms with van der Waals surface area (Å²) in [5.41, 5.74) is 4.68. The molecule has 0 fully saturated rings. The van der Waals surface area contributed by atoms with E-state index in [-0.39, 0.29) is 5.78 Å². The van der Waals surface area contributed by atoms with E-state index < -0.39 is 0 Å². The van der Waals surface area contributed by atoms with Crippen LogP contribution in [0.2, 0.25) is 5.02 Å². The van der Waals surface area contributed by atoms with Crippen molar-refractivity contribution in [2.75, 3.05) is 33.5 Å². The topological polar surface area (TPSA) is 57.1 Å². The minimum Gasteiger partial charge on any atom is -0.491 e. The Morgan fingerprint density at radius 1 is 0.903 bits per heavy atom. The van der Waals surface area contributed by atoms with Crippen LogP contribution in [-0.4, -0.2) is 45.0 Å². The zero-order valence-corrected chi connectivity index (χ0v) is 17.9. The van der Waals surface area contributed by atoms with Crippen LogP contribution in [0, 0.1) is 0 Å². The van der Waals surface area contributed by atoms with E-state index in [0.717, 1.165) is 22.4 Å². The first-order chi connectivity index (χ1) is 15.2. The molecule has 0 atom stereocenters. The maximum absolute atomic E-state index is 12.9. The van der Waals surface area contributed by atoms with E-state index >= 15 is 0 Å². The number of carbonyl (C=O) groups excluding carboxylic acids is 1. The van der Waals surface area contributed by atoms with E-state index in [4.69, 9.17) is 30.8 Å². The summed E-state index contributed by atoms with van der Waals surface area (Å²) in [7, 11) is 1.63. The Morgan fingerprint density at radius 3 is 2.58 bits per heavy atom. The second-order valence-corrected chi connectivity index (χ2v) is 7.44. The van der Waals surface area contributed by atoms with Crippen molar-refractivity contribution in [3.63, 3.8) is 0 Å². The van der Waals surface area contributed by atoms with E-state index in [1.807, 2.05) is 48.6 Å². The Morgan fingerprint density at radius 2 is 1.74 bits per heavy atom. The third-order valence-corrected chi connectivity index (χ3v) is 5.10. The molecule has 4 rings (SSSR count). The van der Waals surface area contributed by atoms with Crippen molar-refractivity contribution in [2.24, 2.45) is 4.99 Å². The number of rotatable bonds is 8. The van der Waals surface area contributed by atoms with Crippen molar-refractivity contribution in [3.05, 3.63) is 93.7 Å². The largest absolute Gasteiger partial charge is 0.491 e. The minimum absolute atomic E-state index is 0.110. The van der Waals surface area contributed by atoms with Crippen LogP contribution in [0.1, 0.15) is 11.1 Å². The van der Waals surface area contributed by atoms with E-state index in [2.05, 4.69) is 0 Å². The first-order valence-electron chi connectivity index (χ1n) is 9.99. The van der Waals surface area contributed by atoms with Gasteiger partial charge in [0.05, 0.1) is 31.2 Å². The fourth-order valence-corrected chi connectivity index (χ4v) is 3.61. The number of hydrogen-bond acceptors (Lipinski definition) is 5. The Bertz CT molecular complexity index is 1110. The van der Waals surface area contributed by atoms with E-state index in [1.54, 1.807) is 19.2 Å². The zero-order valence-electron chi connectivity index (χ0n) is 17.1. The lowest BCUT2D eigenvalue weighted by Crippen LogP contribution is -2.21. The van der Waals surface area contributed by atoms with Crippen molar-refractivity contribution in [2.45, 2.75) is 0 Å². The lowest BCUT2D eigenvalue weighted by atomic mass is 9.82. The van der Waals surface area contributed by atoms with Crippen molar-refractivity contribution in [3.8, 4) is 0 Å². The first-order valence-corrected chi connectivity index (χ1v) is 10.4. The molecule has 2 aliphatic rings. The van der Waals surface area contributed by atoms with Gasteiger partial charge in [-0.15, -0.1) is 0 Å². The molecule has 0 N–H and O–H groups in total. The van der Waals surface area contributed by atoms with Gasteiger partial charge in [-0.05, 0) is 35.9 Å². The molecule has 2 aliphatic carbocycles.